The largest absolute Gasteiger partial charge is 0.388 e. The Morgan fingerprint density at radius 3 is 2.52 bits per heavy atom. The van der Waals surface area contributed by atoms with Crippen LogP contribution in [0, 0.1) is 0 Å². The van der Waals surface area contributed by atoms with Crippen molar-refractivity contribution < 1.29 is 18.3 Å². The molecule has 3 N–H and O–H groups in total. The SMILES string of the molecule is CS(=O)(=O)Nc1ccccc1C(=O)NCC1(O)CCCC1. The number of carbonyl (C=O) groups excluding carboxylic acids is 1. The van der Waals surface area contributed by atoms with Gasteiger partial charge in [0.25, 0.3) is 5.91 Å². The molecule has 1 aromatic carbocycles. The lowest BCUT2D eigenvalue weighted by Gasteiger charge is -2.22. The van der Waals surface area contributed by atoms with Crippen LogP contribution >= 0.6 is 0 Å². The first-order valence-corrected chi connectivity index (χ1v) is 8.76. The summed E-state index contributed by atoms with van der Waals surface area (Å²) >= 11 is 0. The third kappa shape index (κ3) is 4.44. The first-order valence-electron chi connectivity index (χ1n) is 6.87. The Kier molecular flexibility index (Phi) is 4.53. The lowest BCUT2D eigenvalue weighted by molar-refractivity contribution is 0.0450. The third-order valence-corrected chi connectivity index (χ3v) is 4.17. The van der Waals surface area contributed by atoms with E-state index in [9.17, 15) is 18.3 Å². The van der Waals surface area contributed by atoms with Gasteiger partial charge in [-0.1, -0.05) is 25.0 Å². The molecule has 1 aromatic rings. The van der Waals surface area contributed by atoms with Gasteiger partial charge in [-0.2, -0.15) is 0 Å². The smallest absolute Gasteiger partial charge is 0.253 e. The van der Waals surface area contributed by atoms with E-state index in [1.807, 2.05) is 0 Å². The Morgan fingerprint density at radius 2 is 1.90 bits per heavy atom. The topological polar surface area (TPSA) is 95.5 Å². The van der Waals surface area contributed by atoms with Crippen LogP contribution < -0.4 is 10.0 Å². The molecule has 6 nitrogen and oxygen atoms in total. The first-order chi connectivity index (χ1) is 9.79. The van der Waals surface area contributed by atoms with Crippen LogP contribution in [0.25, 0.3) is 0 Å². The molecule has 1 fully saturated rings. The number of hydrogen-bond donors (Lipinski definition) is 3. The minimum absolute atomic E-state index is 0.180. The Labute approximate surface area is 124 Å². The van der Waals surface area contributed by atoms with Crippen molar-refractivity contribution in [2.75, 3.05) is 17.5 Å². The Balaban J connectivity index is 2.08. The maximum atomic E-state index is 12.2. The Bertz CT molecular complexity index is 622. The Morgan fingerprint density at radius 1 is 1.29 bits per heavy atom. The predicted molar refractivity (Wildman–Crippen MR) is 80.7 cm³/mol. The van der Waals surface area contributed by atoms with Crippen LogP contribution in [0.3, 0.4) is 0 Å². The number of sulfonamides is 1. The summed E-state index contributed by atoms with van der Waals surface area (Å²) in [6.07, 6.45) is 4.30. The highest BCUT2D eigenvalue weighted by Gasteiger charge is 2.31. The first kappa shape index (κ1) is 15.8. The second-order valence-corrected chi connectivity index (χ2v) is 7.28. The van der Waals surface area contributed by atoms with Gasteiger partial charge in [-0.3, -0.25) is 9.52 Å². The zero-order chi connectivity index (χ0) is 15.5. The number of rotatable bonds is 5. The van der Waals surface area contributed by atoms with E-state index in [0.29, 0.717) is 12.8 Å². The van der Waals surface area contributed by atoms with Crippen molar-refractivity contribution in [1.82, 2.24) is 5.32 Å². The molecule has 1 aliphatic rings. The Hall–Kier alpha value is -1.60. The number of carbonyl (C=O) groups is 1. The van der Waals surface area contributed by atoms with Crippen molar-refractivity contribution in [1.29, 1.82) is 0 Å². The highest BCUT2D eigenvalue weighted by molar-refractivity contribution is 7.92. The third-order valence-electron chi connectivity index (χ3n) is 3.58. The van der Waals surface area contributed by atoms with Gasteiger partial charge in [0.2, 0.25) is 10.0 Å². The predicted octanol–water partition coefficient (Wildman–Crippen LogP) is 1.09. The lowest BCUT2D eigenvalue weighted by Crippen LogP contribution is -2.41. The molecular formula is C14H20N2O4S. The van der Waals surface area contributed by atoms with E-state index in [4.69, 9.17) is 0 Å². The van der Waals surface area contributed by atoms with E-state index < -0.39 is 21.5 Å². The van der Waals surface area contributed by atoms with Crippen molar-refractivity contribution in [3.05, 3.63) is 29.8 Å². The molecule has 1 amide bonds. The second-order valence-electron chi connectivity index (χ2n) is 5.53. The van der Waals surface area contributed by atoms with Gasteiger partial charge in [-0.25, -0.2) is 8.42 Å². The fourth-order valence-electron chi connectivity index (χ4n) is 2.52. The molecule has 0 spiro atoms. The quantitative estimate of drug-likeness (QED) is 0.758. The van der Waals surface area contributed by atoms with Gasteiger partial charge in [0.1, 0.15) is 0 Å². The lowest BCUT2D eigenvalue weighted by atomic mass is 10.0. The van der Waals surface area contributed by atoms with Crippen molar-refractivity contribution >= 4 is 21.6 Å². The standard InChI is InChI=1S/C14H20N2O4S/c1-21(19,20)16-12-7-3-2-6-11(12)13(17)15-10-14(18)8-4-5-9-14/h2-3,6-7,16,18H,4-5,8-10H2,1H3,(H,15,17). The number of nitrogens with one attached hydrogen (secondary N) is 2. The normalized spacial score (nSPS) is 17.4. The average molecular weight is 312 g/mol. The minimum Gasteiger partial charge on any atom is -0.388 e. The average Bonchev–Trinajstić information content (AvgIpc) is 2.82. The summed E-state index contributed by atoms with van der Waals surface area (Å²) in [7, 11) is -3.46. The van der Waals surface area contributed by atoms with Crippen LogP contribution in [0.2, 0.25) is 0 Å². The van der Waals surface area contributed by atoms with Gasteiger partial charge in [0, 0.05) is 6.54 Å². The van der Waals surface area contributed by atoms with Gasteiger partial charge in [-0.05, 0) is 25.0 Å². The van der Waals surface area contributed by atoms with Crippen LogP contribution in [0.1, 0.15) is 36.0 Å². The highest BCUT2D eigenvalue weighted by atomic mass is 32.2. The van der Waals surface area contributed by atoms with Gasteiger partial charge >= 0.3 is 0 Å². The summed E-state index contributed by atoms with van der Waals surface area (Å²) < 4.78 is 24.9. The number of aliphatic hydroxyl groups is 1. The number of amides is 1. The van der Waals surface area contributed by atoms with Gasteiger partial charge < -0.3 is 10.4 Å². The van der Waals surface area contributed by atoms with Crippen LogP contribution in [0.15, 0.2) is 24.3 Å². The molecule has 1 aliphatic carbocycles. The summed E-state index contributed by atoms with van der Waals surface area (Å²) in [6.45, 7) is 0.180. The molecule has 0 radical (unpaired) electrons. The maximum absolute atomic E-state index is 12.2. The molecular weight excluding hydrogens is 292 g/mol. The number of para-hydroxylation sites is 1. The number of anilines is 1. The molecule has 0 aromatic heterocycles. The molecule has 2 rings (SSSR count). The molecule has 0 heterocycles. The number of benzene rings is 1. The minimum atomic E-state index is -3.46. The van der Waals surface area contributed by atoms with Crippen molar-refractivity contribution in [2.24, 2.45) is 0 Å². The van der Waals surface area contributed by atoms with Crippen molar-refractivity contribution in [3.63, 3.8) is 0 Å². The summed E-state index contributed by atoms with van der Waals surface area (Å²) in [5, 5.41) is 12.9. The van der Waals surface area contributed by atoms with Crippen LogP contribution in [0.5, 0.6) is 0 Å². The van der Waals surface area contributed by atoms with Crippen molar-refractivity contribution in [2.45, 2.75) is 31.3 Å². The van der Waals surface area contributed by atoms with Gasteiger partial charge in [0.05, 0.1) is 23.1 Å². The molecule has 0 aliphatic heterocycles. The molecule has 1 saturated carbocycles. The van der Waals surface area contributed by atoms with E-state index in [1.54, 1.807) is 18.2 Å². The summed E-state index contributed by atoms with van der Waals surface area (Å²) in [5.41, 5.74) is -0.366. The van der Waals surface area contributed by atoms with E-state index in [-0.39, 0.29) is 17.8 Å². The van der Waals surface area contributed by atoms with Crippen LogP contribution in [-0.2, 0) is 10.0 Å². The zero-order valence-electron chi connectivity index (χ0n) is 11.9. The van der Waals surface area contributed by atoms with Gasteiger partial charge in [0.15, 0.2) is 0 Å². The molecule has 0 bridgehead atoms. The molecule has 0 saturated heterocycles. The fraction of sp³-hybridized carbons (Fsp3) is 0.500. The summed E-state index contributed by atoms with van der Waals surface area (Å²) in [5.74, 6) is -0.401. The molecule has 0 atom stereocenters. The molecule has 7 heteroatoms. The summed E-state index contributed by atoms with van der Waals surface area (Å²) in [4.78, 5) is 12.2. The molecule has 0 unspecified atom stereocenters. The van der Waals surface area contributed by atoms with Crippen LogP contribution in [0.4, 0.5) is 5.69 Å². The van der Waals surface area contributed by atoms with E-state index in [2.05, 4.69) is 10.0 Å². The zero-order valence-corrected chi connectivity index (χ0v) is 12.7. The van der Waals surface area contributed by atoms with Crippen LogP contribution in [-0.4, -0.2) is 37.8 Å². The van der Waals surface area contributed by atoms with Gasteiger partial charge in [-0.15, -0.1) is 0 Å². The van der Waals surface area contributed by atoms with E-state index in [1.165, 1.54) is 6.07 Å². The van der Waals surface area contributed by atoms with E-state index in [0.717, 1.165) is 19.1 Å². The highest BCUT2D eigenvalue weighted by Crippen LogP contribution is 2.28. The van der Waals surface area contributed by atoms with E-state index >= 15 is 0 Å². The summed E-state index contributed by atoms with van der Waals surface area (Å²) in [6, 6.07) is 6.38. The fourth-order valence-corrected chi connectivity index (χ4v) is 3.10. The maximum Gasteiger partial charge on any atom is 0.253 e. The molecule has 21 heavy (non-hydrogen) atoms. The monoisotopic (exact) mass is 312 g/mol. The molecule has 116 valence electrons. The van der Waals surface area contributed by atoms with Crippen molar-refractivity contribution in [3.8, 4) is 0 Å². The number of hydrogen-bond acceptors (Lipinski definition) is 4. The second kappa shape index (κ2) is 6.03.